The normalized spacial score (nSPS) is 34.5. The average Bonchev–Trinajstić information content (AvgIpc) is 2.00. The second-order valence-electron chi connectivity index (χ2n) is 2.98. The Bertz CT molecular complexity index is 133. The minimum atomic E-state index is 0.0900. The van der Waals surface area contributed by atoms with Gasteiger partial charge in [0.25, 0.3) is 0 Å². The first kappa shape index (κ1) is 9.72. The van der Waals surface area contributed by atoms with Crippen LogP contribution in [0.15, 0.2) is 0 Å². The Labute approximate surface area is 84.2 Å². The van der Waals surface area contributed by atoms with Gasteiger partial charge < -0.3 is 0 Å². The fourth-order valence-corrected chi connectivity index (χ4v) is 2.94. The van der Waals surface area contributed by atoms with Crippen LogP contribution in [0.1, 0.15) is 32.1 Å². The molecule has 1 rings (SSSR count). The van der Waals surface area contributed by atoms with Gasteiger partial charge in [-0.25, -0.2) is 0 Å². The van der Waals surface area contributed by atoms with Crippen molar-refractivity contribution in [2.24, 2.45) is 0 Å². The van der Waals surface area contributed by atoms with Crippen molar-refractivity contribution in [1.82, 2.24) is 0 Å². The van der Waals surface area contributed by atoms with Crippen molar-refractivity contribution in [2.75, 3.05) is 0 Å². The van der Waals surface area contributed by atoms with Gasteiger partial charge in [-0.1, -0.05) is 51.1 Å². The smallest absolute Gasteiger partial charge is 0.160 e. The van der Waals surface area contributed by atoms with Gasteiger partial charge in [0.1, 0.15) is 0 Å². The van der Waals surface area contributed by atoms with Gasteiger partial charge in [0.2, 0.25) is 0 Å². The lowest BCUT2D eigenvalue weighted by Gasteiger charge is -2.16. The van der Waals surface area contributed by atoms with Gasteiger partial charge in [0.05, 0.1) is 9.65 Å². The lowest BCUT2D eigenvalue weighted by atomic mass is 10.00. The number of hydrogen-bond acceptors (Lipinski definition) is 1. The van der Waals surface area contributed by atoms with Gasteiger partial charge in [0, 0.05) is 0 Å². The van der Waals surface area contributed by atoms with Crippen LogP contribution in [0.5, 0.6) is 0 Å². The Morgan fingerprint density at radius 3 is 1.91 bits per heavy atom. The molecule has 0 aliphatic heterocycles. The van der Waals surface area contributed by atoms with Crippen molar-refractivity contribution >= 4 is 37.6 Å². The number of Topliss-reactive ketones (excluding diaryl/α,β-unsaturated/α-hetero) is 1. The van der Waals surface area contributed by atoms with Crippen LogP contribution in [0, 0.1) is 0 Å². The minimum absolute atomic E-state index is 0.0900. The molecule has 3 heteroatoms. The quantitative estimate of drug-likeness (QED) is 0.625. The van der Waals surface area contributed by atoms with E-state index in [0.717, 1.165) is 12.8 Å². The maximum Gasteiger partial charge on any atom is 0.160 e. The third-order valence-corrected chi connectivity index (χ3v) is 3.85. The number of hydrogen-bond donors (Lipinski definition) is 0. The molecule has 1 saturated carbocycles. The first-order valence-electron chi connectivity index (χ1n) is 4.03. The van der Waals surface area contributed by atoms with Crippen molar-refractivity contribution in [3.8, 4) is 0 Å². The first-order valence-corrected chi connectivity index (χ1v) is 5.87. The second-order valence-corrected chi connectivity index (χ2v) is 5.19. The van der Waals surface area contributed by atoms with E-state index in [-0.39, 0.29) is 9.65 Å². The summed E-state index contributed by atoms with van der Waals surface area (Å²) in [7, 11) is 0. The van der Waals surface area contributed by atoms with Crippen molar-refractivity contribution in [2.45, 2.75) is 41.8 Å². The lowest BCUT2D eigenvalue weighted by molar-refractivity contribution is -0.118. The molecule has 0 aromatic heterocycles. The summed E-state index contributed by atoms with van der Waals surface area (Å²) < 4.78 is 0. The first-order chi connectivity index (χ1) is 5.22. The summed E-state index contributed by atoms with van der Waals surface area (Å²) in [6.07, 6.45) is 5.63. The highest BCUT2D eigenvalue weighted by molar-refractivity contribution is 9.10. The Morgan fingerprint density at radius 1 is 1.00 bits per heavy atom. The molecule has 64 valence electrons. The summed E-state index contributed by atoms with van der Waals surface area (Å²) in [5.41, 5.74) is 0. The summed E-state index contributed by atoms with van der Waals surface area (Å²) in [5.74, 6) is 0.324. The van der Waals surface area contributed by atoms with E-state index in [1.807, 2.05) is 0 Å². The summed E-state index contributed by atoms with van der Waals surface area (Å²) in [4.78, 5) is 11.6. The third kappa shape index (κ3) is 2.86. The van der Waals surface area contributed by atoms with E-state index in [1.54, 1.807) is 0 Å². The fraction of sp³-hybridized carbons (Fsp3) is 0.875. The summed E-state index contributed by atoms with van der Waals surface area (Å²) in [6, 6.07) is 0. The van der Waals surface area contributed by atoms with E-state index in [1.165, 1.54) is 19.3 Å². The Hall–Kier alpha value is 0.630. The number of halogens is 2. The van der Waals surface area contributed by atoms with Gasteiger partial charge in [-0.05, 0) is 12.8 Å². The van der Waals surface area contributed by atoms with Crippen LogP contribution in [0.25, 0.3) is 0 Å². The molecule has 0 radical (unpaired) electrons. The predicted octanol–water partition coefficient (Wildman–Crippen LogP) is 3.05. The molecular formula is C8H12Br2O. The Morgan fingerprint density at radius 2 is 1.45 bits per heavy atom. The molecule has 0 saturated heterocycles. The van der Waals surface area contributed by atoms with Crippen LogP contribution >= 0.6 is 31.9 Å². The number of alkyl halides is 2. The lowest BCUT2D eigenvalue weighted by Crippen LogP contribution is -2.25. The highest BCUT2D eigenvalue weighted by Gasteiger charge is 2.23. The number of carbonyl (C=O) groups is 1. The average molecular weight is 284 g/mol. The molecule has 1 nitrogen and oxygen atoms in total. The van der Waals surface area contributed by atoms with Crippen molar-refractivity contribution < 1.29 is 4.79 Å². The molecule has 0 heterocycles. The molecule has 0 N–H and O–H groups in total. The summed E-state index contributed by atoms with van der Waals surface area (Å²) in [6.45, 7) is 0. The third-order valence-electron chi connectivity index (χ3n) is 2.03. The van der Waals surface area contributed by atoms with Crippen LogP contribution < -0.4 is 0 Å². The number of rotatable bonds is 0. The molecule has 2 atom stereocenters. The van der Waals surface area contributed by atoms with E-state index in [9.17, 15) is 4.79 Å². The van der Waals surface area contributed by atoms with Crippen molar-refractivity contribution in [3.63, 3.8) is 0 Å². The molecule has 0 spiro atoms. The molecular weight excluding hydrogens is 272 g/mol. The molecule has 2 unspecified atom stereocenters. The summed E-state index contributed by atoms with van der Waals surface area (Å²) in [5, 5.41) is 0. The largest absolute Gasteiger partial charge is 0.297 e. The SMILES string of the molecule is O=C1C(Br)CCCCCC1Br. The van der Waals surface area contributed by atoms with Crippen LogP contribution in [0.3, 0.4) is 0 Å². The van der Waals surface area contributed by atoms with Gasteiger partial charge in [-0.3, -0.25) is 4.79 Å². The van der Waals surface area contributed by atoms with Gasteiger partial charge in [0.15, 0.2) is 5.78 Å². The topological polar surface area (TPSA) is 17.1 Å². The Kier molecular flexibility index (Phi) is 4.07. The second kappa shape index (κ2) is 4.61. The highest BCUT2D eigenvalue weighted by atomic mass is 79.9. The van der Waals surface area contributed by atoms with E-state index < -0.39 is 0 Å². The molecule has 1 fully saturated rings. The van der Waals surface area contributed by atoms with Crippen molar-refractivity contribution in [3.05, 3.63) is 0 Å². The van der Waals surface area contributed by atoms with Gasteiger partial charge >= 0.3 is 0 Å². The number of ketones is 1. The standard InChI is InChI=1S/C8H12Br2O/c9-6-4-2-1-3-5-7(10)8(6)11/h6-7H,1-5H2. The molecule has 0 aromatic carbocycles. The van der Waals surface area contributed by atoms with Crippen LogP contribution in [-0.4, -0.2) is 15.4 Å². The molecule has 0 amide bonds. The predicted molar refractivity (Wildman–Crippen MR) is 53.5 cm³/mol. The van der Waals surface area contributed by atoms with Crippen molar-refractivity contribution in [1.29, 1.82) is 0 Å². The molecule has 0 bridgehead atoms. The maximum atomic E-state index is 11.4. The zero-order valence-corrected chi connectivity index (χ0v) is 9.53. The van der Waals surface area contributed by atoms with Gasteiger partial charge in [-0.2, -0.15) is 0 Å². The van der Waals surface area contributed by atoms with E-state index in [4.69, 9.17) is 0 Å². The molecule has 11 heavy (non-hydrogen) atoms. The van der Waals surface area contributed by atoms with Crippen LogP contribution in [-0.2, 0) is 4.79 Å². The van der Waals surface area contributed by atoms with Crippen LogP contribution in [0.2, 0.25) is 0 Å². The van der Waals surface area contributed by atoms with E-state index in [2.05, 4.69) is 31.9 Å². The minimum Gasteiger partial charge on any atom is -0.297 e. The number of carbonyl (C=O) groups excluding carboxylic acids is 1. The van der Waals surface area contributed by atoms with E-state index >= 15 is 0 Å². The molecule has 0 aromatic rings. The summed E-state index contributed by atoms with van der Waals surface area (Å²) >= 11 is 6.80. The van der Waals surface area contributed by atoms with E-state index in [0.29, 0.717) is 5.78 Å². The molecule has 1 aliphatic carbocycles. The zero-order chi connectivity index (χ0) is 8.27. The Balaban J connectivity index is 2.49. The molecule has 1 aliphatic rings. The van der Waals surface area contributed by atoms with Gasteiger partial charge in [-0.15, -0.1) is 0 Å². The monoisotopic (exact) mass is 282 g/mol. The fourth-order valence-electron chi connectivity index (χ4n) is 1.30. The maximum absolute atomic E-state index is 11.4. The zero-order valence-electron chi connectivity index (χ0n) is 6.35. The van der Waals surface area contributed by atoms with Crippen LogP contribution in [0.4, 0.5) is 0 Å². The highest BCUT2D eigenvalue weighted by Crippen LogP contribution is 2.23.